The lowest BCUT2D eigenvalue weighted by molar-refractivity contribution is -0.136. The van der Waals surface area contributed by atoms with Crippen LogP contribution in [0.15, 0.2) is 30.3 Å². The van der Waals surface area contributed by atoms with Crippen molar-refractivity contribution in [2.24, 2.45) is 0 Å². The molecule has 0 aliphatic rings. The SMILES string of the molecule is Cc1cc(C)cc(OC(=O)COc2cc(C)c(Cl)c(C)c2)c1. The number of rotatable bonds is 4. The molecule has 3 nitrogen and oxygen atoms in total. The van der Waals surface area contributed by atoms with E-state index < -0.39 is 5.97 Å². The Balaban J connectivity index is 1.98. The third-order valence-corrected chi connectivity index (χ3v) is 3.79. The first-order valence-electron chi connectivity index (χ1n) is 7.03. The molecule has 0 bridgehead atoms. The molecule has 0 heterocycles. The van der Waals surface area contributed by atoms with E-state index in [0.717, 1.165) is 22.3 Å². The van der Waals surface area contributed by atoms with Crippen molar-refractivity contribution in [3.05, 3.63) is 57.6 Å². The number of ether oxygens (including phenoxy) is 2. The summed E-state index contributed by atoms with van der Waals surface area (Å²) in [5.74, 6) is 0.710. The number of benzene rings is 2. The van der Waals surface area contributed by atoms with Gasteiger partial charge in [-0.1, -0.05) is 17.7 Å². The summed E-state index contributed by atoms with van der Waals surface area (Å²) in [5, 5.41) is 0.713. The van der Waals surface area contributed by atoms with Crippen LogP contribution in [0.3, 0.4) is 0 Å². The van der Waals surface area contributed by atoms with Crippen LogP contribution >= 0.6 is 11.6 Å². The molecule has 22 heavy (non-hydrogen) atoms. The fourth-order valence-corrected chi connectivity index (χ4v) is 2.39. The third kappa shape index (κ3) is 4.25. The zero-order chi connectivity index (χ0) is 16.3. The summed E-state index contributed by atoms with van der Waals surface area (Å²) < 4.78 is 10.8. The number of aryl methyl sites for hydroxylation is 4. The second-order valence-corrected chi connectivity index (χ2v) is 5.84. The monoisotopic (exact) mass is 318 g/mol. The van der Waals surface area contributed by atoms with Crippen LogP contribution < -0.4 is 9.47 Å². The Hall–Kier alpha value is -2.00. The van der Waals surface area contributed by atoms with Gasteiger partial charge in [0, 0.05) is 5.02 Å². The number of carbonyl (C=O) groups is 1. The normalized spacial score (nSPS) is 10.4. The van der Waals surface area contributed by atoms with Crippen LogP contribution in [0.1, 0.15) is 22.3 Å². The highest BCUT2D eigenvalue weighted by Crippen LogP contribution is 2.26. The summed E-state index contributed by atoms with van der Waals surface area (Å²) in [6.45, 7) is 7.57. The quantitative estimate of drug-likeness (QED) is 0.612. The molecular weight excluding hydrogens is 300 g/mol. The summed E-state index contributed by atoms with van der Waals surface area (Å²) in [7, 11) is 0. The minimum Gasteiger partial charge on any atom is -0.482 e. The molecular formula is C18H19ClO3. The molecule has 0 atom stereocenters. The second kappa shape index (κ2) is 6.84. The first-order chi connectivity index (χ1) is 10.3. The van der Waals surface area contributed by atoms with E-state index in [-0.39, 0.29) is 6.61 Å². The highest BCUT2D eigenvalue weighted by molar-refractivity contribution is 6.32. The molecule has 0 saturated carbocycles. The second-order valence-electron chi connectivity index (χ2n) is 5.46. The van der Waals surface area contributed by atoms with Crippen LogP contribution in [0.2, 0.25) is 5.02 Å². The summed E-state index contributed by atoms with van der Waals surface area (Å²) in [6, 6.07) is 9.27. The maximum Gasteiger partial charge on any atom is 0.349 e. The number of esters is 1. The van der Waals surface area contributed by atoms with Crippen molar-refractivity contribution in [2.75, 3.05) is 6.61 Å². The van der Waals surface area contributed by atoms with E-state index in [1.165, 1.54) is 0 Å². The molecule has 0 aliphatic heterocycles. The minimum atomic E-state index is -0.435. The molecule has 0 unspecified atom stereocenters. The van der Waals surface area contributed by atoms with Crippen molar-refractivity contribution in [2.45, 2.75) is 27.7 Å². The smallest absolute Gasteiger partial charge is 0.349 e. The van der Waals surface area contributed by atoms with E-state index in [4.69, 9.17) is 21.1 Å². The van der Waals surface area contributed by atoms with E-state index >= 15 is 0 Å². The molecule has 0 fully saturated rings. The van der Waals surface area contributed by atoms with Crippen LogP contribution in [0, 0.1) is 27.7 Å². The lowest BCUT2D eigenvalue weighted by Gasteiger charge is -2.10. The van der Waals surface area contributed by atoms with Crippen molar-refractivity contribution in [1.29, 1.82) is 0 Å². The molecule has 0 radical (unpaired) electrons. The average molecular weight is 319 g/mol. The zero-order valence-corrected chi connectivity index (χ0v) is 14.0. The molecule has 2 aromatic rings. The van der Waals surface area contributed by atoms with Gasteiger partial charge in [0.15, 0.2) is 6.61 Å². The van der Waals surface area contributed by atoms with E-state index in [9.17, 15) is 4.79 Å². The maximum atomic E-state index is 11.9. The van der Waals surface area contributed by atoms with Crippen LogP contribution in [-0.2, 0) is 4.79 Å². The molecule has 0 spiro atoms. The average Bonchev–Trinajstić information content (AvgIpc) is 2.41. The Morgan fingerprint density at radius 1 is 0.909 bits per heavy atom. The molecule has 0 N–H and O–H groups in total. The molecule has 2 rings (SSSR count). The van der Waals surface area contributed by atoms with Gasteiger partial charge < -0.3 is 9.47 Å². The Morgan fingerprint density at radius 3 is 2.00 bits per heavy atom. The molecule has 4 heteroatoms. The van der Waals surface area contributed by atoms with Gasteiger partial charge in [-0.3, -0.25) is 0 Å². The molecule has 116 valence electrons. The highest BCUT2D eigenvalue weighted by Gasteiger charge is 2.09. The number of halogens is 1. The molecule has 0 aromatic heterocycles. The predicted molar refractivity (Wildman–Crippen MR) is 88.0 cm³/mol. The van der Waals surface area contributed by atoms with Gasteiger partial charge in [-0.05, 0) is 74.2 Å². The fraction of sp³-hybridized carbons (Fsp3) is 0.278. The highest BCUT2D eigenvalue weighted by atomic mass is 35.5. The van der Waals surface area contributed by atoms with E-state index in [2.05, 4.69) is 0 Å². The maximum absolute atomic E-state index is 11.9. The number of hydrogen-bond donors (Lipinski definition) is 0. The van der Waals surface area contributed by atoms with Gasteiger partial charge in [-0.15, -0.1) is 0 Å². The van der Waals surface area contributed by atoms with Gasteiger partial charge >= 0.3 is 5.97 Å². The third-order valence-electron chi connectivity index (χ3n) is 3.19. The van der Waals surface area contributed by atoms with Gasteiger partial charge in [-0.2, -0.15) is 0 Å². The van der Waals surface area contributed by atoms with Crippen LogP contribution in [0.25, 0.3) is 0 Å². The summed E-state index contributed by atoms with van der Waals surface area (Å²) in [5.41, 5.74) is 3.93. The molecule has 0 amide bonds. The van der Waals surface area contributed by atoms with Crippen molar-refractivity contribution >= 4 is 17.6 Å². The molecule has 0 aliphatic carbocycles. The lowest BCUT2D eigenvalue weighted by Crippen LogP contribution is -2.17. The van der Waals surface area contributed by atoms with Gasteiger partial charge in [0.2, 0.25) is 0 Å². The van der Waals surface area contributed by atoms with Gasteiger partial charge in [0.05, 0.1) is 0 Å². The van der Waals surface area contributed by atoms with E-state index in [0.29, 0.717) is 16.5 Å². The predicted octanol–water partition coefficient (Wildman–Crippen LogP) is 4.56. The summed E-state index contributed by atoms with van der Waals surface area (Å²) in [4.78, 5) is 11.9. The first-order valence-corrected chi connectivity index (χ1v) is 7.41. The Labute approximate surface area is 135 Å². The van der Waals surface area contributed by atoms with Crippen molar-refractivity contribution in [3.8, 4) is 11.5 Å². The lowest BCUT2D eigenvalue weighted by atomic mass is 10.1. The van der Waals surface area contributed by atoms with Crippen LogP contribution in [0.4, 0.5) is 0 Å². The van der Waals surface area contributed by atoms with Crippen molar-refractivity contribution in [3.63, 3.8) is 0 Å². The topological polar surface area (TPSA) is 35.5 Å². The van der Waals surface area contributed by atoms with E-state index in [1.54, 1.807) is 12.1 Å². The number of carbonyl (C=O) groups excluding carboxylic acids is 1. The first kappa shape index (κ1) is 16.4. The Morgan fingerprint density at radius 2 is 1.45 bits per heavy atom. The molecule has 0 saturated heterocycles. The van der Waals surface area contributed by atoms with Crippen LogP contribution in [-0.4, -0.2) is 12.6 Å². The van der Waals surface area contributed by atoms with Gasteiger partial charge in [0.25, 0.3) is 0 Å². The fourth-order valence-electron chi connectivity index (χ4n) is 2.28. The summed E-state index contributed by atoms with van der Waals surface area (Å²) >= 11 is 6.10. The van der Waals surface area contributed by atoms with Gasteiger partial charge in [0.1, 0.15) is 11.5 Å². The standard InChI is InChI=1S/C18H19ClO3/c1-11-5-12(2)7-16(6-11)22-17(20)10-21-15-8-13(3)18(19)14(4)9-15/h5-9H,10H2,1-4H3. The van der Waals surface area contributed by atoms with Gasteiger partial charge in [-0.25, -0.2) is 4.79 Å². The van der Waals surface area contributed by atoms with Crippen molar-refractivity contribution in [1.82, 2.24) is 0 Å². The van der Waals surface area contributed by atoms with Crippen molar-refractivity contribution < 1.29 is 14.3 Å². The summed E-state index contributed by atoms with van der Waals surface area (Å²) in [6.07, 6.45) is 0. The Kier molecular flexibility index (Phi) is 5.09. The van der Waals surface area contributed by atoms with Crippen LogP contribution in [0.5, 0.6) is 11.5 Å². The van der Waals surface area contributed by atoms with E-state index in [1.807, 2.05) is 45.9 Å². The molecule has 2 aromatic carbocycles. The largest absolute Gasteiger partial charge is 0.482 e. The minimum absolute atomic E-state index is 0.145. The number of hydrogen-bond acceptors (Lipinski definition) is 3. The zero-order valence-electron chi connectivity index (χ0n) is 13.2. The Bertz CT molecular complexity index is 664.